The average Bonchev–Trinajstić information content (AvgIpc) is 2.34. The number of likely N-dealkylation sites (N-methyl/N-ethyl adjacent to an activating group) is 1. The minimum Gasteiger partial charge on any atom is -0.377 e. The lowest BCUT2D eigenvalue weighted by Crippen LogP contribution is -2.33. The van der Waals surface area contributed by atoms with Gasteiger partial charge in [0.15, 0.2) is 0 Å². The summed E-state index contributed by atoms with van der Waals surface area (Å²) in [5, 5.41) is 0.128. The Hall–Kier alpha value is -0.680. The van der Waals surface area contributed by atoms with E-state index in [9.17, 15) is 4.39 Å². The van der Waals surface area contributed by atoms with Gasteiger partial charge in [0.1, 0.15) is 5.82 Å². The maximum absolute atomic E-state index is 13.2. The van der Waals surface area contributed by atoms with Crippen molar-refractivity contribution in [1.82, 2.24) is 4.90 Å². The highest BCUT2D eigenvalue weighted by molar-refractivity contribution is 6.30. The minimum atomic E-state index is -0.410. The molecule has 0 bridgehead atoms. The van der Waals surface area contributed by atoms with Gasteiger partial charge in [-0.05, 0) is 38.6 Å². The smallest absolute Gasteiger partial charge is 0.141 e. The van der Waals surface area contributed by atoms with Crippen molar-refractivity contribution in [1.29, 1.82) is 0 Å². The second-order valence-corrected chi connectivity index (χ2v) is 5.23. The van der Waals surface area contributed by atoms with Crippen LogP contribution < -0.4 is 5.73 Å². The second kappa shape index (κ2) is 7.80. The van der Waals surface area contributed by atoms with Crippen molar-refractivity contribution in [2.75, 3.05) is 26.7 Å². The zero-order chi connectivity index (χ0) is 14.4. The first-order valence-electron chi connectivity index (χ1n) is 6.42. The van der Waals surface area contributed by atoms with Crippen molar-refractivity contribution in [2.24, 2.45) is 5.73 Å². The van der Waals surface area contributed by atoms with E-state index in [0.29, 0.717) is 13.2 Å². The topological polar surface area (TPSA) is 38.5 Å². The van der Waals surface area contributed by atoms with Gasteiger partial charge < -0.3 is 10.5 Å². The van der Waals surface area contributed by atoms with Gasteiger partial charge in [0.05, 0.1) is 17.7 Å². The van der Waals surface area contributed by atoms with Crippen molar-refractivity contribution in [2.45, 2.75) is 26.0 Å². The molecule has 0 fully saturated rings. The molecule has 3 nitrogen and oxygen atoms in total. The van der Waals surface area contributed by atoms with Gasteiger partial charge in [-0.15, -0.1) is 0 Å². The van der Waals surface area contributed by atoms with E-state index in [1.807, 2.05) is 20.9 Å². The van der Waals surface area contributed by atoms with Gasteiger partial charge in [-0.1, -0.05) is 17.7 Å². The summed E-state index contributed by atoms with van der Waals surface area (Å²) in [4.78, 5) is 2.09. The van der Waals surface area contributed by atoms with E-state index in [-0.39, 0.29) is 17.2 Å². The van der Waals surface area contributed by atoms with Crippen LogP contribution in [0.2, 0.25) is 5.02 Å². The number of halogens is 2. The van der Waals surface area contributed by atoms with Gasteiger partial charge in [0, 0.05) is 19.1 Å². The summed E-state index contributed by atoms with van der Waals surface area (Å²) in [5.41, 5.74) is 6.72. The van der Waals surface area contributed by atoms with E-state index in [2.05, 4.69) is 4.90 Å². The Morgan fingerprint density at radius 2 is 2.11 bits per heavy atom. The number of hydrogen-bond donors (Lipinski definition) is 1. The van der Waals surface area contributed by atoms with Crippen LogP contribution in [-0.2, 0) is 4.74 Å². The second-order valence-electron chi connectivity index (χ2n) is 4.83. The van der Waals surface area contributed by atoms with Crippen LogP contribution in [0.4, 0.5) is 4.39 Å². The zero-order valence-corrected chi connectivity index (χ0v) is 12.5. The molecule has 2 N–H and O–H groups in total. The number of ether oxygens (including phenoxy) is 1. The molecule has 1 rings (SSSR count). The summed E-state index contributed by atoms with van der Waals surface area (Å²) < 4.78 is 18.7. The predicted octanol–water partition coefficient (Wildman–Crippen LogP) is 2.84. The van der Waals surface area contributed by atoms with E-state index < -0.39 is 5.82 Å². The maximum atomic E-state index is 13.2. The first-order chi connectivity index (χ1) is 8.95. The highest BCUT2D eigenvalue weighted by Gasteiger charge is 2.16. The van der Waals surface area contributed by atoms with Crippen molar-refractivity contribution in [3.05, 3.63) is 34.6 Å². The van der Waals surface area contributed by atoms with Gasteiger partial charge >= 0.3 is 0 Å². The molecule has 1 unspecified atom stereocenters. The molecule has 1 atom stereocenters. The van der Waals surface area contributed by atoms with Crippen LogP contribution in [0, 0.1) is 5.82 Å². The lowest BCUT2D eigenvalue weighted by Gasteiger charge is -2.27. The molecule has 0 saturated heterocycles. The number of rotatable bonds is 7. The number of nitrogens with zero attached hydrogens (tertiary/aromatic N) is 1. The molecule has 1 aromatic rings. The van der Waals surface area contributed by atoms with Gasteiger partial charge in [0.2, 0.25) is 0 Å². The predicted molar refractivity (Wildman–Crippen MR) is 76.9 cm³/mol. The van der Waals surface area contributed by atoms with Crippen LogP contribution >= 0.6 is 11.6 Å². The molecule has 0 saturated carbocycles. The van der Waals surface area contributed by atoms with Crippen LogP contribution in [0.5, 0.6) is 0 Å². The molecule has 19 heavy (non-hydrogen) atoms. The Balaban J connectivity index is 2.67. The Morgan fingerprint density at radius 1 is 1.42 bits per heavy atom. The van der Waals surface area contributed by atoms with E-state index >= 15 is 0 Å². The maximum Gasteiger partial charge on any atom is 0.141 e. The van der Waals surface area contributed by atoms with E-state index in [1.54, 1.807) is 12.1 Å². The number of benzene rings is 1. The van der Waals surface area contributed by atoms with Crippen molar-refractivity contribution in [3.63, 3.8) is 0 Å². The summed E-state index contributed by atoms with van der Waals surface area (Å²) in [6.07, 6.45) is 0.213. The molecule has 5 heteroatoms. The summed E-state index contributed by atoms with van der Waals surface area (Å²) >= 11 is 5.81. The molecule has 0 amide bonds. The fourth-order valence-electron chi connectivity index (χ4n) is 1.88. The summed E-state index contributed by atoms with van der Waals surface area (Å²) in [6, 6.07) is 4.74. The molecule has 0 heterocycles. The fraction of sp³-hybridized carbons (Fsp3) is 0.571. The molecule has 108 valence electrons. The number of hydrogen-bond acceptors (Lipinski definition) is 3. The molecule has 0 aliphatic rings. The molecule has 0 radical (unpaired) electrons. The van der Waals surface area contributed by atoms with E-state index in [0.717, 1.165) is 12.1 Å². The summed E-state index contributed by atoms with van der Waals surface area (Å²) in [5.74, 6) is -0.410. The Morgan fingerprint density at radius 3 is 2.63 bits per heavy atom. The molecule has 0 spiro atoms. The molecule has 0 aromatic heterocycles. The van der Waals surface area contributed by atoms with E-state index in [1.165, 1.54) is 6.07 Å². The van der Waals surface area contributed by atoms with Crippen LogP contribution in [0.1, 0.15) is 25.5 Å². The van der Waals surface area contributed by atoms with Gasteiger partial charge in [-0.2, -0.15) is 0 Å². The quantitative estimate of drug-likeness (QED) is 0.838. The molecule has 0 aliphatic heterocycles. The Kier molecular flexibility index (Phi) is 6.72. The number of nitrogens with two attached hydrogens (primary N) is 1. The lowest BCUT2D eigenvalue weighted by molar-refractivity contribution is 0.0564. The lowest BCUT2D eigenvalue weighted by atomic mass is 10.1. The third-order valence-electron chi connectivity index (χ3n) is 2.98. The Bertz CT molecular complexity index is 401. The molecular weight excluding hydrogens is 267 g/mol. The summed E-state index contributed by atoms with van der Waals surface area (Å²) in [6.45, 7) is 5.84. The average molecular weight is 289 g/mol. The van der Waals surface area contributed by atoms with Gasteiger partial charge in [-0.25, -0.2) is 4.39 Å². The highest BCUT2D eigenvalue weighted by Crippen LogP contribution is 2.23. The summed E-state index contributed by atoms with van der Waals surface area (Å²) in [7, 11) is 1.97. The van der Waals surface area contributed by atoms with Crippen molar-refractivity contribution >= 4 is 11.6 Å². The van der Waals surface area contributed by atoms with Gasteiger partial charge in [-0.3, -0.25) is 4.90 Å². The van der Waals surface area contributed by atoms with Crippen LogP contribution in [-0.4, -0.2) is 37.7 Å². The fourth-order valence-corrected chi connectivity index (χ4v) is 2.07. The molecule has 1 aromatic carbocycles. The Labute approximate surface area is 119 Å². The third kappa shape index (κ3) is 5.07. The normalized spacial score (nSPS) is 13.3. The largest absolute Gasteiger partial charge is 0.377 e. The van der Waals surface area contributed by atoms with Crippen molar-refractivity contribution < 1.29 is 9.13 Å². The monoisotopic (exact) mass is 288 g/mol. The first kappa shape index (κ1) is 16.4. The zero-order valence-electron chi connectivity index (χ0n) is 11.7. The van der Waals surface area contributed by atoms with Gasteiger partial charge in [0.25, 0.3) is 0 Å². The standard InChI is InChI=1S/C14H22ClFN2O/c1-10(2)19-7-6-18(3)14(9-17)11-4-5-13(16)12(15)8-11/h4-5,8,10,14H,6-7,9,17H2,1-3H3. The van der Waals surface area contributed by atoms with Crippen LogP contribution in [0.25, 0.3) is 0 Å². The van der Waals surface area contributed by atoms with E-state index in [4.69, 9.17) is 22.1 Å². The first-order valence-corrected chi connectivity index (χ1v) is 6.80. The molecule has 0 aliphatic carbocycles. The third-order valence-corrected chi connectivity index (χ3v) is 3.27. The van der Waals surface area contributed by atoms with Crippen molar-refractivity contribution in [3.8, 4) is 0 Å². The van der Waals surface area contributed by atoms with Crippen LogP contribution in [0.15, 0.2) is 18.2 Å². The minimum absolute atomic E-state index is 0.00821. The molecular formula is C14H22ClFN2O. The SMILES string of the molecule is CC(C)OCCN(C)C(CN)c1ccc(F)c(Cl)c1. The van der Waals surface area contributed by atoms with Crippen LogP contribution in [0.3, 0.4) is 0 Å². The highest BCUT2D eigenvalue weighted by atomic mass is 35.5.